The predicted molar refractivity (Wildman–Crippen MR) is 63.1 cm³/mol. The Kier molecular flexibility index (Phi) is 2.32. The highest BCUT2D eigenvalue weighted by Crippen LogP contribution is 2.20. The smallest absolute Gasteiger partial charge is 0.224 e. The van der Waals surface area contributed by atoms with Crippen molar-refractivity contribution in [2.45, 2.75) is 25.5 Å². The van der Waals surface area contributed by atoms with Gasteiger partial charge in [0, 0.05) is 6.61 Å². The van der Waals surface area contributed by atoms with E-state index >= 15 is 0 Å². The molecule has 7 heteroatoms. The Morgan fingerprint density at radius 2 is 2.29 bits per heavy atom. The van der Waals surface area contributed by atoms with Crippen molar-refractivity contribution < 1.29 is 4.74 Å². The Bertz CT molecular complexity index is 545. The van der Waals surface area contributed by atoms with Crippen LogP contribution in [0, 0.1) is 0 Å². The van der Waals surface area contributed by atoms with E-state index in [9.17, 15) is 0 Å². The fourth-order valence-corrected chi connectivity index (χ4v) is 2.11. The zero-order chi connectivity index (χ0) is 11.8. The van der Waals surface area contributed by atoms with Crippen LogP contribution in [0.25, 0.3) is 11.0 Å². The fraction of sp³-hybridized carbons (Fsp3) is 0.500. The predicted octanol–water partition coefficient (Wildman–Crippen LogP) is 0.170. The van der Waals surface area contributed by atoms with E-state index < -0.39 is 0 Å². The number of ether oxygens (including phenoxy) is 1. The second-order valence-electron chi connectivity index (χ2n) is 4.17. The van der Waals surface area contributed by atoms with Crippen LogP contribution in [0.3, 0.4) is 0 Å². The van der Waals surface area contributed by atoms with E-state index in [1.807, 2.05) is 0 Å². The summed E-state index contributed by atoms with van der Waals surface area (Å²) in [5, 5.41) is 4.99. The van der Waals surface area contributed by atoms with Crippen LogP contribution < -0.4 is 11.5 Å². The number of nitrogen functional groups attached to an aromatic ring is 2. The van der Waals surface area contributed by atoms with Gasteiger partial charge in [-0.05, 0) is 12.8 Å². The van der Waals surface area contributed by atoms with E-state index in [2.05, 4.69) is 15.1 Å². The molecule has 1 aliphatic heterocycles. The minimum atomic E-state index is 0.170. The zero-order valence-corrected chi connectivity index (χ0v) is 9.33. The lowest BCUT2D eigenvalue weighted by Gasteiger charge is -2.09. The van der Waals surface area contributed by atoms with Gasteiger partial charge in [-0.15, -0.1) is 0 Å². The molecule has 1 saturated heterocycles. The Hall–Kier alpha value is -1.89. The molecule has 1 aliphatic rings. The van der Waals surface area contributed by atoms with Gasteiger partial charge in [0.25, 0.3) is 0 Å². The maximum atomic E-state index is 5.76. The fourth-order valence-electron chi connectivity index (χ4n) is 2.11. The van der Waals surface area contributed by atoms with Crippen molar-refractivity contribution >= 4 is 22.8 Å². The molecule has 2 aromatic heterocycles. The third-order valence-electron chi connectivity index (χ3n) is 2.94. The molecule has 0 bridgehead atoms. The van der Waals surface area contributed by atoms with Crippen LogP contribution in [-0.2, 0) is 11.3 Å². The molecular formula is C10H14N6O. The molecule has 0 aliphatic carbocycles. The van der Waals surface area contributed by atoms with Gasteiger partial charge in [0.2, 0.25) is 5.95 Å². The van der Waals surface area contributed by atoms with Gasteiger partial charge in [0.15, 0.2) is 5.65 Å². The molecule has 3 heterocycles. The van der Waals surface area contributed by atoms with Crippen LogP contribution in [0.1, 0.15) is 12.8 Å². The lowest BCUT2D eigenvalue weighted by molar-refractivity contribution is 0.0949. The van der Waals surface area contributed by atoms with Crippen LogP contribution in [-0.4, -0.2) is 32.5 Å². The van der Waals surface area contributed by atoms with E-state index in [1.165, 1.54) is 0 Å². The second kappa shape index (κ2) is 3.85. The van der Waals surface area contributed by atoms with E-state index in [0.717, 1.165) is 24.8 Å². The first kappa shape index (κ1) is 10.3. The Morgan fingerprint density at radius 3 is 3.06 bits per heavy atom. The number of hydrogen-bond donors (Lipinski definition) is 2. The molecule has 4 N–H and O–H groups in total. The third kappa shape index (κ3) is 1.78. The molecule has 0 spiro atoms. The van der Waals surface area contributed by atoms with Crippen molar-refractivity contribution in [2.24, 2.45) is 0 Å². The summed E-state index contributed by atoms with van der Waals surface area (Å²) in [4.78, 5) is 8.08. The number of fused-ring (bicyclic) bond motifs is 1. The van der Waals surface area contributed by atoms with Crippen molar-refractivity contribution in [2.75, 3.05) is 18.1 Å². The summed E-state index contributed by atoms with van der Waals surface area (Å²) in [5.74, 6) is 0.537. The largest absolute Gasteiger partial charge is 0.383 e. The van der Waals surface area contributed by atoms with Gasteiger partial charge in [-0.1, -0.05) is 0 Å². The van der Waals surface area contributed by atoms with Crippen LogP contribution in [0.5, 0.6) is 0 Å². The molecular weight excluding hydrogens is 220 g/mol. The van der Waals surface area contributed by atoms with Crippen molar-refractivity contribution in [1.29, 1.82) is 0 Å². The van der Waals surface area contributed by atoms with Crippen molar-refractivity contribution in [3.8, 4) is 0 Å². The molecule has 1 fully saturated rings. The van der Waals surface area contributed by atoms with Gasteiger partial charge in [-0.25, -0.2) is 4.68 Å². The molecule has 90 valence electrons. The van der Waals surface area contributed by atoms with Gasteiger partial charge in [0.05, 0.1) is 24.2 Å². The van der Waals surface area contributed by atoms with Crippen LogP contribution in [0.4, 0.5) is 11.8 Å². The monoisotopic (exact) mass is 234 g/mol. The molecule has 0 radical (unpaired) electrons. The van der Waals surface area contributed by atoms with Gasteiger partial charge in [-0.2, -0.15) is 15.1 Å². The highest BCUT2D eigenvalue weighted by atomic mass is 16.5. The summed E-state index contributed by atoms with van der Waals surface area (Å²) in [6.07, 6.45) is 4.02. The standard InChI is InChI=1S/C10H14N6O/c11-8-7-4-13-16(5-6-2-1-3-17-6)9(7)15-10(12)14-8/h4,6H,1-3,5H2,(H4,11,12,14,15). The van der Waals surface area contributed by atoms with Crippen molar-refractivity contribution in [3.05, 3.63) is 6.20 Å². The summed E-state index contributed by atoms with van der Waals surface area (Å²) in [7, 11) is 0. The number of anilines is 2. The summed E-state index contributed by atoms with van der Waals surface area (Å²) < 4.78 is 7.35. The Morgan fingerprint density at radius 1 is 1.41 bits per heavy atom. The van der Waals surface area contributed by atoms with E-state index in [-0.39, 0.29) is 12.1 Å². The second-order valence-corrected chi connectivity index (χ2v) is 4.17. The maximum absolute atomic E-state index is 5.76. The average Bonchev–Trinajstić information content (AvgIpc) is 2.89. The van der Waals surface area contributed by atoms with E-state index in [0.29, 0.717) is 18.0 Å². The van der Waals surface area contributed by atoms with E-state index in [4.69, 9.17) is 16.2 Å². The van der Waals surface area contributed by atoms with Crippen LogP contribution in [0.15, 0.2) is 6.20 Å². The zero-order valence-electron chi connectivity index (χ0n) is 9.33. The molecule has 1 atom stereocenters. The molecule has 17 heavy (non-hydrogen) atoms. The molecule has 0 aromatic carbocycles. The summed E-state index contributed by atoms with van der Waals surface area (Å²) in [6, 6.07) is 0. The molecule has 3 rings (SSSR count). The van der Waals surface area contributed by atoms with E-state index in [1.54, 1.807) is 10.9 Å². The lowest BCUT2D eigenvalue weighted by atomic mass is 10.2. The molecule has 1 unspecified atom stereocenters. The minimum Gasteiger partial charge on any atom is -0.383 e. The van der Waals surface area contributed by atoms with Crippen LogP contribution in [0.2, 0.25) is 0 Å². The topological polar surface area (TPSA) is 105 Å². The first-order valence-corrected chi connectivity index (χ1v) is 5.60. The lowest BCUT2D eigenvalue weighted by Crippen LogP contribution is -2.16. The minimum absolute atomic E-state index is 0.170. The molecule has 2 aromatic rings. The average molecular weight is 234 g/mol. The SMILES string of the molecule is Nc1nc(N)c2cnn(CC3CCCO3)c2n1. The Labute approximate surface area is 97.8 Å². The normalized spacial score (nSPS) is 20.1. The summed E-state index contributed by atoms with van der Waals surface area (Å²) in [6.45, 7) is 1.50. The number of nitrogens with zero attached hydrogens (tertiary/aromatic N) is 4. The number of aromatic nitrogens is 4. The maximum Gasteiger partial charge on any atom is 0.224 e. The van der Waals surface area contributed by atoms with Gasteiger partial charge < -0.3 is 16.2 Å². The summed E-state index contributed by atoms with van der Waals surface area (Å²) >= 11 is 0. The van der Waals surface area contributed by atoms with Crippen molar-refractivity contribution in [3.63, 3.8) is 0 Å². The van der Waals surface area contributed by atoms with Crippen molar-refractivity contribution in [1.82, 2.24) is 19.7 Å². The highest BCUT2D eigenvalue weighted by Gasteiger charge is 2.18. The van der Waals surface area contributed by atoms with Crippen LogP contribution >= 0.6 is 0 Å². The van der Waals surface area contributed by atoms with Gasteiger partial charge >= 0.3 is 0 Å². The van der Waals surface area contributed by atoms with Gasteiger partial charge in [0.1, 0.15) is 5.82 Å². The quantitative estimate of drug-likeness (QED) is 0.767. The molecule has 0 saturated carbocycles. The highest BCUT2D eigenvalue weighted by molar-refractivity contribution is 5.85. The first-order valence-electron chi connectivity index (χ1n) is 5.60. The Balaban J connectivity index is 1.99. The third-order valence-corrected chi connectivity index (χ3v) is 2.94. The molecule has 0 amide bonds. The first-order chi connectivity index (χ1) is 8.24. The number of rotatable bonds is 2. The number of nitrogens with two attached hydrogens (primary N) is 2. The molecule has 7 nitrogen and oxygen atoms in total. The number of hydrogen-bond acceptors (Lipinski definition) is 6. The summed E-state index contributed by atoms with van der Waals surface area (Å²) in [5.41, 5.74) is 12.0. The van der Waals surface area contributed by atoms with Gasteiger partial charge in [-0.3, -0.25) is 0 Å².